The Balaban J connectivity index is 1.10. The molecule has 1 aliphatic heterocycles. The molecule has 7 rings (SSSR count). The van der Waals surface area contributed by atoms with Gasteiger partial charge in [-0.05, 0) is 54.8 Å². The van der Waals surface area contributed by atoms with Crippen molar-refractivity contribution in [1.29, 1.82) is 0 Å². The Kier molecular flexibility index (Phi) is 6.48. The molecule has 3 heterocycles. The van der Waals surface area contributed by atoms with Crippen LogP contribution in [0.15, 0.2) is 94.1 Å². The van der Waals surface area contributed by atoms with Crippen LogP contribution in [0.3, 0.4) is 0 Å². The molecule has 4 aromatic carbocycles. The molecule has 2 aromatic heterocycles. The van der Waals surface area contributed by atoms with Gasteiger partial charge in [0.1, 0.15) is 5.69 Å². The van der Waals surface area contributed by atoms with Crippen LogP contribution in [-0.2, 0) is 11.8 Å². The highest BCUT2D eigenvalue weighted by molar-refractivity contribution is 8.01. The van der Waals surface area contributed by atoms with Gasteiger partial charge in [-0.3, -0.25) is 23.9 Å². The number of benzene rings is 4. The summed E-state index contributed by atoms with van der Waals surface area (Å²) < 4.78 is 4.66. The number of para-hydroxylation sites is 1. The van der Waals surface area contributed by atoms with E-state index in [0.717, 1.165) is 10.1 Å². The maximum absolute atomic E-state index is 13.5. The minimum absolute atomic E-state index is 0.0513. The maximum atomic E-state index is 13.5. The summed E-state index contributed by atoms with van der Waals surface area (Å²) in [5.41, 5.74) is 3.40. The molecule has 1 aliphatic rings. The van der Waals surface area contributed by atoms with Crippen LogP contribution < -0.4 is 15.8 Å². The number of nitrogens with one attached hydrogen (secondary N) is 1. The number of amides is 3. The van der Waals surface area contributed by atoms with Gasteiger partial charge in [-0.2, -0.15) is 0 Å². The van der Waals surface area contributed by atoms with Gasteiger partial charge in [0.15, 0.2) is 4.34 Å². The van der Waals surface area contributed by atoms with Gasteiger partial charge in [0.25, 0.3) is 17.4 Å². The van der Waals surface area contributed by atoms with Crippen molar-refractivity contribution in [2.45, 2.75) is 11.3 Å². The second-order valence-corrected chi connectivity index (χ2v) is 12.3. The first-order valence-corrected chi connectivity index (χ1v) is 15.2. The third-order valence-corrected chi connectivity index (χ3v) is 9.69. The number of thiazole rings is 1. The number of nitrogens with zero attached hydrogens (tertiary/aromatic N) is 4. The molecule has 1 N–H and O–H groups in total. The molecule has 0 fully saturated rings. The van der Waals surface area contributed by atoms with Gasteiger partial charge in [0, 0.05) is 23.6 Å². The number of fused-ring (bicyclic) bond motifs is 1. The summed E-state index contributed by atoms with van der Waals surface area (Å²) in [5.74, 6) is -1.01. The lowest BCUT2D eigenvalue weighted by atomic mass is 9.94. The number of hydrogen-bond acceptors (Lipinski definition) is 7. The summed E-state index contributed by atoms with van der Waals surface area (Å²) in [6.07, 6.45) is 0. The number of thioether (sulfide) groups is 1. The normalized spacial score (nSPS) is 12.8. The Hall–Kier alpha value is -5.00. The van der Waals surface area contributed by atoms with Gasteiger partial charge >= 0.3 is 0 Å². The number of imide groups is 1. The zero-order valence-corrected chi connectivity index (χ0v) is 24.7. The molecule has 0 saturated carbocycles. The highest BCUT2D eigenvalue weighted by Gasteiger charge is 2.34. The quantitative estimate of drug-likeness (QED) is 0.191. The van der Waals surface area contributed by atoms with Crippen LogP contribution in [0, 0.1) is 6.92 Å². The van der Waals surface area contributed by atoms with Crippen molar-refractivity contribution in [3.8, 4) is 5.69 Å². The van der Waals surface area contributed by atoms with Crippen molar-refractivity contribution in [1.82, 2.24) is 14.3 Å². The Bertz CT molecular complexity index is 2130. The van der Waals surface area contributed by atoms with E-state index in [1.165, 1.54) is 32.7 Å². The predicted molar refractivity (Wildman–Crippen MR) is 170 cm³/mol. The van der Waals surface area contributed by atoms with Gasteiger partial charge in [0.2, 0.25) is 5.91 Å². The largest absolute Gasteiger partial charge is 0.319 e. The molecule has 0 aliphatic carbocycles. The van der Waals surface area contributed by atoms with E-state index in [0.29, 0.717) is 43.4 Å². The first kappa shape index (κ1) is 26.9. The van der Waals surface area contributed by atoms with Crippen LogP contribution in [0.4, 0.5) is 11.4 Å². The zero-order valence-electron chi connectivity index (χ0n) is 23.0. The van der Waals surface area contributed by atoms with E-state index < -0.39 is 0 Å². The molecule has 6 aromatic rings. The van der Waals surface area contributed by atoms with Crippen LogP contribution in [0.25, 0.3) is 26.7 Å². The van der Waals surface area contributed by atoms with E-state index in [4.69, 9.17) is 0 Å². The van der Waals surface area contributed by atoms with E-state index in [9.17, 15) is 19.2 Å². The summed E-state index contributed by atoms with van der Waals surface area (Å²) >= 11 is 2.62. The van der Waals surface area contributed by atoms with Crippen LogP contribution in [0.5, 0.6) is 0 Å². The molecule has 9 nitrogen and oxygen atoms in total. The number of aromatic nitrogens is 3. The van der Waals surface area contributed by atoms with Crippen molar-refractivity contribution in [2.24, 2.45) is 7.05 Å². The molecule has 212 valence electrons. The molecule has 0 spiro atoms. The summed E-state index contributed by atoms with van der Waals surface area (Å²) in [5, 5.41) is 4.30. The third-order valence-electron chi connectivity index (χ3n) is 7.53. The smallest absolute Gasteiger partial charge is 0.295 e. The third kappa shape index (κ3) is 4.44. The maximum Gasteiger partial charge on any atom is 0.295 e. The minimum atomic E-state index is -0.369. The lowest BCUT2D eigenvalue weighted by molar-refractivity contribution is -0.113. The molecule has 0 bridgehead atoms. The van der Waals surface area contributed by atoms with Gasteiger partial charge in [-0.1, -0.05) is 54.2 Å². The topological polar surface area (TPSA) is 106 Å². The monoisotopic (exact) mass is 605 g/mol. The Morgan fingerprint density at radius 1 is 0.884 bits per heavy atom. The lowest BCUT2D eigenvalue weighted by Crippen LogP contribution is -2.40. The average Bonchev–Trinajstić information content (AvgIpc) is 3.52. The Morgan fingerprint density at radius 3 is 2.28 bits per heavy atom. The molecule has 0 saturated heterocycles. The van der Waals surface area contributed by atoms with E-state index in [1.807, 2.05) is 54.6 Å². The van der Waals surface area contributed by atoms with Crippen LogP contribution in [0.2, 0.25) is 0 Å². The van der Waals surface area contributed by atoms with E-state index in [-0.39, 0.29) is 34.7 Å². The van der Waals surface area contributed by atoms with Crippen LogP contribution >= 0.6 is 23.1 Å². The SMILES string of the molecule is Cc1c(NC(=O)CSc2nc3ccc(N4C(=O)c5cccc6cccc(c56)C4=O)cc3s2)c(=O)n(-c2ccccc2)n1C. The molecule has 0 atom stereocenters. The summed E-state index contributed by atoms with van der Waals surface area (Å²) in [6.45, 7) is 1.78. The van der Waals surface area contributed by atoms with Gasteiger partial charge in [-0.15, -0.1) is 11.3 Å². The Labute approximate surface area is 253 Å². The highest BCUT2D eigenvalue weighted by Crippen LogP contribution is 2.36. The molecule has 0 radical (unpaired) electrons. The van der Waals surface area contributed by atoms with Crippen LogP contribution in [0.1, 0.15) is 26.4 Å². The highest BCUT2D eigenvalue weighted by atomic mass is 32.2. The van der Waals surface area contributed by atoms with Crippen molar-refractivity contribution in [3.63, 3.8) is 0 Å². The van der Waals surface area contributed by atoms with Crippen molar-refractivity contribution in [2.75, 3.05) is 16.0 Å². The minimum Gasteiger partial charge on any atom is -0.319 e. The van der Waals surface area contributed by atoms with Gasteiger partial charge < -0.3 is 5.32 Å². The first-order valence-electron chi connectivity index (χ1n) is 13.4. The number of carbonyl (C=O) groups excluding carboxylic acids is 3. The fourth-order valence-electron chi connectivity index (χ4n) is 5.37. The summed E-state index contributed by atoms with van der Waals surface area (Å²) in [7, 11) is 1.77. The second-order valence-electron chi connectivity index (χ2n) is 10.1. The molecule has 11 heteroatoms. The molecular formula is C32H23N5O4S2. The van der Waals surface area contributed by atoms with Crippen molar-refractivity contribution < 1.29 is 14.4 Å². The first-order chi connectivity index (χ1) is 20.8. The number of hydrogen-bond donors (Lipinski definition) is 1. The molecule has 0 unspecified atom stereocenters. The fraction of sp³-hybridized carbons (Fsp3) is 0.0938. The number of anilines is 2. The molecule has 3 amide bonds. The van der Waals surface area contributed by atoms with E-state index in [2.05, 4.69) is 10.3 Å². The van der Waals surface area contributed by atoms with Crippen molar-refractivity contribution >= 4 is 73.2 Å². The second kappa shape index (κ2) is 10.4. The van der Waals surface area contributed by atoms with Gasteiger partial charge in [0.05, 0.1) is 33.0 Å². The zero-order chi connectivity index (χ0) is 29.8. The van der Waals surface area contributed by atoms with Crippen LogP contribution in [-0.4, -0.2) is 37.8 Å². The average molecular weight is 606 g/mol. The van der Waals surface area contributed by atoms with Gasteiger partial charge in [-0.25, -0.2) is 14.6 Å². The predicted octanol–water partition coefficient (Wildman–Crippen LogP) is 5.78. The summed E-state index contributed by atoms with van der Waals surface area (Å²) in [4.78, 5) is 58.7. The molecule has 43 heavy (non-hydrogen) atoms. The number of carbonyl (C=O) groups is 3. The van der Waals surface area contributed by atoms with E-state index >= 15 is 0 Å². The fourth-order valence-corrected chi connectivity index (χ4v) is 7.27. The molecular weight excluding hydrogens is 583 g/mol. The Morgan fingerprint density at radius 2 is 1.58 bits per heavy atom. The van der Waals surface area contributed by atoms with E-state index in [1.54, 1.807) is 49.0 Å². The number of rotatable bonds is 6. The van der Waals surface area contributed by atoms with Crippen molar-refractivity contribution in [3.05, 3.63) is 112 Å². The summed E-state index contributed by atoms with van der Waals surface area (Å²) in [6, 6.07) is 25.4. The lowest BCUT2D eigenvalue weighted by Gasteiger charge is -2.27. The standard InChI is InChI=1S/C32H23N5O4S2/c1-18-28(31(41)37(35(18)2)20-10-4-3-5-11-20)34-26(38)17-42-32-33-24-15-14-21(16-25(24)43-32)36-29(39)22-12-6-8-19-9-7-13-23(27(19)22)30(36)40/h3-16H,17H2,1-2H3,(H,34,38).